The van der Waals surface area contributed by atoms with Gasteiger partial charge in [-0.3, -0.25) is 4.40 Å². The van der Waals surface area contributed by atoms with Crippen LogP contribution in [0.1, 0.15) is 30.2 Å². The zero-order valence-electron chi connectivity index (χ0n) is 15.6. The molecular weight excluding hydrogens is 370 g/mol. The SMILES string of the molecule is N#Cc1cccc2c1c(N1CCOCC1)nc1c(-c3noc(C4CC4)n3)ncn12. The summed E-state index contributed by atoms with van der Waals surface area (Å²) in [5, 5.41) is 14.7. The van der Waals surface area contributed by atoms with Crippen LogP contribution in [0.25, 0.3) is 28.1 Å². The van der Waals surface area contributed by atoms with Gasteiger partial charge in [0.25, 0.3) is 0 Å². The summed E-state index contributed by atoms with van der Waals surface area (Å²) < 4.78 is 12.8. The molecule has 9 nitrogen and oxygen atoms in total. The lowest BCUT2D eigenvalue weighted by atomic mass is 10.1. The van der Waals surface area contributed by atoms with Crippen LogP contribution < -0.4 is 4.90 Å². The van der Waals surface area contributed by atoms with E-state index < -0.39 is 0 Å². The molecule has 6 rings (SSSR count). The molecule has 9 heteroatoms. The highest BCUT2D eigenvalue weighted by molar-refractivity contribution is 5.97. The second-order valence-electron chi connectivity index (χ2n) is 7.36. The largest absolute Gasteiger partial charge is 0.378 e. The topological polar surface area (TPSA) is 105 Å². The number of hydrogen-bond acceptors (Lipinski definition) is 8. The highest BCUT2D eigenvalue weighted by Gasteiger charge is 2.31. The molecule has 0 N–H and O–H groups in total. The number of imidazole rings is 1. The summed E-state index contributed by atoms with van der Waals surface area (Å²) in [6.07, 6.45) is 3.89. The Bertz CT molecular complexity index is 1280. The second-order valence-corrected chi connectivity index (χ2v) is 7.36. The van der Waals surface area contributed by atoms with Gasteiger partial charge >= 0.3 is 0 Å². The maximum atomic E-state index is 9.70. The molecule has 1 aromatic carbocycles. The van der Waals surface area contributed by atoms with E-state index in [4.69, 9.17) is 14.2 Å². The zero-order chi connectivity index (χ0) is 19.4. The summed E-state index contributed by atoms with van der Waals surface area (Å²) in [7, 11) is 0. The van der Waals surface area contributed by atoms with E-state index in [9.17, 15) is 5.26 Å². The molecule has 1 aliphatic heterocycles. The molecule has 29 heavy (non-hydrogen) atoms. The molecule has 0 radical (unpaired) electrons. The van der Waals surface area contributed by atoms with Gasteiger partial charge in [-0.1, -0.05) is 11.2 Å². The lowest BCUT2D eigenvalue weighted by Gasteiger charge is -2.29. The third kappa shape index (κ3) is 2.57. The van der Waals surface area contributed by atoms with Gasteiger partial charge in [0, 0.05) is 19.0 Å². The van der Waals surface area contributed by atoms with Crippen LogP contribution in [0.2, 0.25) is 0 Å². The number of benzene rings is 1. The molecule has 2 aliphatic rings. The van der Waals surface area contributed by atoms with Gasteiger partial charge in [0.15, 0.2) is 11.3 Å². The number of rotatable bonds is 3. The van der Waals surface area contributed by atoms with Gasteiger partial charge < -0.3 is 14.2 Å². The summed E-state index contributed by atoms with van der Waals surface area (Å²) in [4.78, 5) is 16.2. The van der Waals surface area contributed by atoms with Crippen molar-refractivity contribution in [2.45, 2.75) is 18.8 Å². The Morgan fingerprint density at radius 3 is 2.79 bits per heavy atom. The normalized spacial score (nSPS) is 17.1. The van der Waals surface area contributed by atoms with Gasteiger partial charge in [-0.05, 0) is 25.0 Å². The van der Waals surface area contributed by atoms with Crippen LogP contribution in [0.5, 0.6) is 0 Å². The number of nitrogens with zero attached hydrogens (tertiary/aromatic N) is 7. The fourth-order valence-corrected chi connectivity index (χ4v) is 3.84. The van der Waals surface area contributed by atoms with Gasteiger partial charge in [0.2, 0.25) is 11.7 Å². The van der Waals surface area contributed by atoms with E-state index in [1.807, 2.05) is 22.6 Å². The quantitative estimate of drug-likeness (QED) is 0.528. The van der Waals surface area contributed by atoms with E-state index in [-0.39, 0.29) is 0 Å². The molecule has 4 aromatic rings. The maximum absolute atomic E-state index is 9.70. The Kier molecular flexibility index (Phi) is 3.55. The van der Waals surface area contributed by atoms with Crippen LogP contribution in [0, 0.1) is 11.3 Å². The highest BCUT2D eigenvalue weighted by Crippen LogP contribution is 2.40. The van der Waals surface area contributed by atoms with E-state index in [1.165, 1.54) is 0 Å². The molecule has 0 bridgehead atoms. The van der Waals surface area contributed by atoms with Gasteiger partial charge in [0.1, 0.15) is 12.1 Å². The van der Waals surface area contributed by atoms with Crippen LogP contribution in [-0.4, -0.2) is 50.8 Å². The number of fused-ring (bicyclic) bond motifs is 3. The number of anilines is 1. The Morgan fingerprint density at radius 2 is 2.00 bits per heavy atom. The molecule has 0 amide bonds. The molecule has 1 saturated carbocycles. The number of aromatic nitrogens is 5. The van der Waals surface area contributed by atoms with Crippen LogP contribution >= 0.6 is 0 Å². The van der Waals surface area contributed by atoms with Gasteiger partial charge in [-0.15, -0.1) is 0 Å². The summed E-state index contributed by atoms with van der Waals surface area (Å²) >= 11 is 0. The van der Waals surface area contributed by atoms with Crippen molar-refractivity contribution in [2.24, 2.45) is 0 Å². The fourth-order valence-electron chi connectivity index (χ4n) is 3.84. The van der Waals surface area contributed by atoms with Crippen molar-refractivity contribution in [1.29, 1.82) is 5.26 Å². The van der Waals surface area contributed by atoms with E-state index in [0.29, 0.717) is 47.8 Å². The molecule has 1 saturated heterocycles. The molecule has 2 fully saturated rings. The molecule has 0 spiro atoms. The van der Waals surface area contributed by atoms with Crippen LogP contribution in [0.15, 0.2) is 29.0 Å². The van der Waals surface area contributed by atoms with Crippen molar-refractivity contribution in [3.63, 3.8) is 0 Å². The predicted octanol–water partition coefficient (Wildman–Crippen LogP) is 2.52. The molecular formula is C20H17N7O2. The lowest BCUT2D eigenvalue weighted by Crippen LogP contribution is -2.37. The van der Waals surface area contributed by atoms with E-state index in [2.05, 4.69) is 26.1 Å². The summed E-state index contributed by atoms with van der Waals surface area (Å²) in [6.45, 7) is 2.70. The summed E-state index contributed by atoms with van der Waals surface area (Å²) in [5.74, 6) is 2.26. The number of hydrogen-bond donors (Lipinski definition) is 0. The monoisotopic (exact) mass is 387 g/mol. The van der Waals surface area contributed by atoms with Crippen molar-refractivity contribution in [3.05, 3.63) is 36.0 Å². The predicted molar refractivity (Wildman–Crippen MR) is 104 cm³/mol. The maximum Gasteiger partial charge on any atom is 0.230 e. The van der Waals surface area contributed by atoms with Gasteiger partial charge in [-0.25, -0.2) is 9.97 Å². The van der Waals surface area contributed by atoms with Crippen LogP contribution in [0.4, 0.5) is 5.82 Å². The lowest BCUT2D eigenvalue weighted by molar-refractivity contribution is 0.122. The van der Waals surface area contributed by atoms with E-state index in [1.54, 1.807) is 6.33 Å². The number of morpholine rings is 1. The Labute approximate surface area is 165 Å². The average molecular weight is 387 g/mol. The zero-order valence-corrected chi connectivity index (χ0v) is 15.6. The Balaban J connectivity index is 1.61. The van der Waals surface area contributed by atoms with Crippen LogP contribution in [0.3, 0.4) is 0 Å². The molecule has 0 unspecified atom stereocenters. The Hall–Kier alpha value is -3.51. The van der Waals surface area contributed by atoms with E-state index >= 15 is 0 Å². The molecule has 3 aromatic heterocycles. The fraction of sp³-hybridized carbons (Fsp3) is 0.350. The minimum atomic E-state index is 0.376. The Morgan fingerprint density at radius 1 is 1.14 bits per heavy atom. The smallest absolute Gasteiger partial charge is 0.230 e. The highest BCUT2D eigenvalue weighted by atomic mass is 16.5. The first-order chi connectivity index (χ1) is 14.3. The number of nitriles is 1. The molecule has 4 heterocycles. The number of ether oxygens (including phenoxy) is 1. The minimum Gasteiger partial charge on any atom is -0.378 e. The first-order valence-corrected chi connectivity index (χ1v) is 9.70. The third-order valence-corrected chi connectivity index (χ3v) is 5.49. The first kappa shape index (κ1) is 16.4. The molecule has 0 atom stereocenters. The summed E-state index contributed by atoms with van der Waals surface area (Å²) in [5.41, 5.74) is 2.70. The third-order valence-electron chi connectivity index (χ3n) is 5.49. The van der Waals surface area contributed by atoms with Crippen molar-refractivity contribution >= 4 is 22.4 Å². The van der Waals surface area contributed by atoms with Crippen molar-refractivity contribution in [2.75, 3.05) is 31.2 Å². The van der Waals surface area contributed by atoms with Crippen molar-refractivity contribution < 1.29 is 9.26 Å². The first-order valence-electron chi connectivity index (χ1n) is 9.70. The van der Waals surface area contributed by atoms with E-state index in [0.717, 1.165) is 42.7 Å². The summed E-state index contributed by atoms with van der Waals surface area (Å²) in [6, 6.07) is 7.98. The van der Waals surface area contributed by atoms with Crippen molar-refractivity contribution in [1.82, 2.24) is 24.5 Å². The molecule has 144 valence electrons. The second kappa shape index (κ2) is 6.25. The standard InChI is InChI=1S/C20H17N7O2/c21-10-13-2-1-3-14-15(13)18(26-6-8-28-9-7-26)24-19-16(22-11-27(14)19)17-23-20(29-25-17)12-4-5-12/h1-3,11-12H,4-9H2. The minimum absolute atomic E-state index is 0.376. The van der Waals surface area contributed by atoms with Crippen LogP contribution in [-0.2, 0) is 4.74 Å². The average Bonchev–Trinajstić information content (AvgIpc) is 3.35. The van der Waals surface area contributed by atoms with Gasteiger partial charge in [-0.2, -0.15) is 10.2 Å². The molecule has 1 aliphatic carbocycles. The van der Waals surface area contributed by atoms with Gasteiger partial charge in [0.05, 0.1) is 35.7 Å². The van der Waals surface area contributed by atoms with Crippen molar-refractivity contribution in [3.8, 4) is 17.6 Å².